The molecule has 3 heteroatoms. The van der Waals surface area contributed by atoms with Gasteiger partial charge in [0.05, 0.1) is 11.2 Å². The molecule has 1 aliphatic rings. The maximum Gasteiger partial charge on any atom is 0.0794 e. The van der Waals surface area contributed by atoms with Crippen molar-refractivity contribution in [3.05, 3.63) is 16.6 Å². The Morgan fingerprint density at radius 2 is 2.70 bits per heavy atom. The van der Waals surface area contributed by atoms with Crippen molar-refractivity contribution in [2.45, 2.75) is 12.3 Å². The smallest absolute Gasteiger partial charge is 0.0794 e. The van der Waals surface area contributed by atoms with Crippen LogP contribution in [0.15, 0.2) is 10.9 Å². The normalized spacial score (nSPS) is 30.5. The first-order valence-corrected chi connectivity index (χ1v) is 4.83. The van der Waals surface area contributed by atoms with Crippen molar-refractivity contribution in [2.24, 2.45) is 5.92 Å². The van der Waals surface area contributed by atoms with Gasteiger partial charge in [-0.05, 0) is 12.3 Å². The maximum absolute atomic E-state index is 5.69. The van der Waals surface area contributed by atoms with Crippen molar-refractivity contribution in [3.8, 4) is 0 Å². The third kappa shape index (κ3) is 1.06. The van der Waals surface area contributed by atoms with Crippen LogP contribution in [0, 0.1) is 5.92 Å². The average molecular weight is 174 g/mol. The molecule has 1 aromatic heterocycles. The highest BCUT2D eigenvalue weighted by Gasteiger charge is 2.38. The largest absolute Gasteiger partial charge is 0.249 e. The SMILES string of the molecule is ClCC1CC1c1cscn1. The van der Waals surface area contributed by atoms with Crippen LogP contribution in [0.1, 0.15) is 18.0 Å². The Morgan fingerprint density at radius 1 is 1.80 bits per heavy atom. The predicted molar refractivity (Wildman–Crippen MR) is 43.7 cm³/mol. The molecule has 2 rings (SSSR count). The summed E-state index contributed by atoms with van der Waals surface area (Å²) < 4.78 is 0. The van der Waals surface area contributed by atoms with Gasteiger partial charge in [-0.1, -0.05) is 0 Å². The van der Waals surface area contributed by atoms with E-state index in [0.717, 1.165) is 5.88 Å². The van der Waals surface area contributed by atoms with E-state index in [1.165, 1.54) is 12.1 Å². The minimum atomic E-state index is 0.684. The van der Waals surface area contributed by atoms with E-state index >= 15 is 0 Å². The molecule has 2 unspecified atom stereocenters. The van der Waals surface area contributed by atoms with Gasteiger partial charge in [-0.15, -0.1) is 22.9 Å². The van der Waals surface area contributed by atoms with E-state index in [-0.39, 0.29) is 0 Å². The van der Waals surface area contributed by atoms with Gasteiger partial charge in [-0.3, -0.25) is 0 Å². The monoisotopic (exact) mass is 173 g/mol. The van der Waals surface area contributed by atoms with Gasteiger partial charge < -0.3 is 0 Å². The lowest BCUT2D eigenvalue weighted by Gasteiger charge is -1.87. The molecule has 0 aliphatic heterocycles. The Labute approximate surface area is 69.0 Å². The second-order valence-electron chi connectivity index (χ2n) is 2.67. The molecule has 1 aliphatic carbocycles. The summed E-state index contributed by atoms with van der Waals surface area (Å²) in [5.74, 6) is 2.19. The molecule has 54 valence electrons. The number of rotatable bonds is 2. The topological polar surface area (TPSA) is 12.9 Å². The minimum absolute atomic E-state index is 0.684. The molecule has 0 aromatic carbocycles. The van der Waals surface area contributed by atoms with Crippen LogP contribution < -0.4 is 0 Å². The Bertz CT molecular complexity index is 209. The van der Waals surface area contributed by atoms with Crippen molar-refractivity contribution < 1.29 is 0 Å². The maximum atomic E-state index is 5.69. The molecule has 0 N–H and O–H groups in total. The fourth-order valence-corrected chi connectivity index (χ4v) is 2.14. The molecule has 1 nitrogen and oxygen atoms in total. The van der Waals surface area contributed by atoms with Crippen molar-refractivity contribution >= 4 is 22.9 Å². The number of hydrogen-bond donors (Lipinski definition) is 0. The molecule has 0 saturated heterocycles. The van der Waals surface area contributed by atoms with Crippen molar-refractivity contribution in [1.82, 2.24) is 4.98 Å². The predicted octanol–water partition coefficient (Wildman–Crippen LogP) is 2.49. The summed E-state index contributed by atoms with van der Waals surface area (Å²) in [5, 5.41) is 2.12. The molecule has 2 atom stereocenters. The zero-order chi connectivity index (χ0) is 6.97. The van der Waals surface area contributed by atoms with Crippen LogP contribution in [-0.4, -0.2) is 10.9 Å². The lowest BCUT2D eigenvalue weighted by molar-refractivity contribution is 0.901. The Balaban J connectivity index is 2.05. The molecular formula is C7H8ClNS. The summed E-state index contributed by atoms with van der Waals surface area (Å²) in [6.07, 6.45) is 1.24. The molecule has 0 amide bonds. The lowest BCUT2D eigenvalue weighted by atomic mass is 10.3. The fourth-order valence-electron chi connectivity index (χ4n) is 1.19. The number of nitrogens with zero attached hydrogens (tertiary/aromatic N) is 1. The molecule has 1 heterocycles. The van der Waals surface area contributed by atoms with Gasteiger partial charge in [0.25, 0.3) is 0 Å². The summed E-state index contributed by atoms with van der Waals surface area (Å²) in [7, 11) is 0. The summed E-state index contributed by atoms with van der Waals surface area (Å²) >= 11 is 7.35. The second-order valence-corrected chi connectivity index (χ2v) is 3.70. The zero-order valence-corrected chi connectivity index (χ0v) is 7.03. The first-order chi connectivity index (χ1) is 4.92. The summed E-state index contributed by atoms with van der Waals surface area (Å²) in [6, 6.07) is 0. The van der Waals surface area contributed by atoms with Crippen LogP contribution in [0.5, 0.6) is 0 Å². The van der Waals surface area contributed by atoms with Crippen LogP contribution in [0.25, 0.3) is 0 Å². The molecule has 1 fully saturated rings. The number of halogens is 1. The summed E-state index contributed by atoms with van der Waals surface area (Å²) in [5.41, 5.74) is 3.13. The number of hydrogen-bond acceptors (Lipinski definition) is 2. The Hall–Kier alpha value is -0.0800. The molecule has 10 heavy (non-hydrogen) atoms. The summed E-state index contributed by atoms with van der Waals surface area (Å²) in [4.78, 5) is 4.24. The average Bonchev–Trinajstić information content (AvgIpc) is 2.56. The minimum Gasteiger partial charge on any atom is -0.249 e. The van der Waals surface area contributed by atoms with E-state index in [2.05, 4.69) is 10.4 Å². The Morgan fingerprint density at radius 3 is 3.20 bits per heavy atom. The van der Waals surface area contributed by atoms with Gasteiger partial charge in [-0.2, -0.15) is 0 Å². The molecule has 0 spiro atoms. The van der Waals surface area contributed by atoms with Crippen LogP contribution in [0.2, 0.25) is 0 Å². The van der Waals surface area contributed by atoms with E-state index in [1.54, 1.807) is 11.3 Å². The van der Waals surface area contributed by atoms with Crippen molar-refractivity contribution in [1.29, 1.82) is 0 Å². The highest BCUT2D eigenvalue weighted by atomic mass is 35.5. The first kappa shape index (κ1) is 6.62. The first-order valence-electron chi connectivity index (χ1n) is 3.36. The highest BCUT2D eigenvalue weighted by Crippen LogP contribution is 2.47. The van der Waals surface area contributed by atoms with Gasteiger partial charge in [0.1, 0.15) is 0 Å². The lowest BCUT2D eigenvalue weighted by Crippen LogP contribution is -1.82. The van der Waals surface area contributed by atoms with Gasteiger partial charge in [0.15, 0.2) is 0 Å². The van der Waals surface area contributed by atoms with Crippen LogP contribution >= 0.6 is 22.9 Å². The number of aromatic nitrogens is 1. The molecule has 0 radical (unpaired) electrons. The molecule has 0 bridgehead atoms. The van der Waals surface area contributed by atoms with E-state index in [4.69, 9.17) is 11.6 Å². The van der Waals surface area contributed by atoms with Crippen LogP contribution in [0.3, 0.4) is 0 Å². The van der Waals surface area contributed by atoms with Crippen molar-refractivity contribution in [2.75, 3.05) is 5.88 Å². The fraction of sp³-hybridized carbons (Fsp3) is 0.571. The standard InChI is InChI=1S/C7H8ClNS/c8-2-5-1-6(5)7-3-10-4-9-7/h3-6H,1-2H2. The molecular weight excluding hydrogens is 166 g/mol. The van der Waals surface area contributed by atoms with Gasteiger partial charge in [0, 0.05) is 17.2 Å². The van der Waals surface area contributed by atoms with Gasteiger partial charge in [-0.25, -0.2) is 4.98 Å². The third-order valence-electron chi connectivity index (χ3n) is 1.95. The Kier molecular flexibility index (Phi) is 1.66. The van der Waals surface area contributed by atoms with E-state index in [9.17, 15) is 0 Å². The quantitative estimate of drug-likeness (QED) is 0.627. The third-order valence-corrected chi connectivity index (χ3v) is 2.95. The van der Waals surface area contributed by atoms with Crippen molar-refractivity contribution in [3.63, 3.8) is 0 Å². The van der Waals surface area contributed by atoms with E-state index in [1.807, 2.05) is 5.51 Å². The van der Waals surface area contributed by atoms with E-state index in [0.29, 0.717) is 11.8 Å². The molecule has 1 saturated carbocycles. The van der Waals surface area contributed by atoms with Crippen LogP contribution in [0.4, 0.5) is 0 Å². The second kappa shape index (κ2) is 2.51. The van der Waals surface area contributed by atoms with Crippen LogP contribution in [-0.2, 0) is 0 Å². The van der Waals surface area contributed by atoms with E-state index < -0.39 is 0 Å². The molecule has 1 aromatic rings. The number of alkyl halides is 1. The van der Waals surface area contributed by atoms with Gasteiger partial charge >= 0.3 is 0 Å². The highest BCUT2D eigenvalue weighted by molar-refractivity contribution is 7.07. The number of thiazole rings is 1. The summed E-state index contributed by atoms with van der Waals surface area (Å²) in [6.45, 7) is 0. The van der Waals surface area contributed by atoms with Gasteiger partial charge in [0.2, 0.25) is 0 Å². The zero-order valence-electron chi connectivity index (χ0n) is 5.46.